The largest absolute Gasteiger partial charge is 0.399 e. The molecule has 0 saturated heterocycles. The predicted octanol–water partition coefficient (Wildman–Crippen LogP) is 1.04. The van der Waals surface area contributed by atoms with Crippen molar-refractivity contribution in [3.8, 4) is 0 Å². The Morgan fingerprint density at radius 2 is 1.95 bits per heavy atom. The molecule has 6 N–H and O–H groups in total. The molecule has 0 bridgehead atoms. The van der Waals surface area contributed by atoms with Crippen LogP contribution in [0.2, 0.25) is 0 Å². The number of anilines is 2. The van der Waals surface area contributed by atoms with Crippen LogP contribution in [0.3, 0.4) is 0 Å². The lowest BCUT2D eigenvalue weighted by Crippen LogP contribution is -2.22. The quantitative estimate of drug-likeness (QED) is 0.585. The Bertz CT molecular complexity index is 570. The van der Waals surface area contributed by atoms with Gasteiger partial charge in [0.25, 0.3) is 0 Å². The fourth-order valence-electron chi connectivity index (χ4n) is 2.04. The number of primary sulfonamides is 1. The van der Waals surface area contributed by atoms with Gasteiger partial charge in [0.1, 0.15) is 0 Å². The summed E-state index contributed by atoms with van der Waals surface area (Å²) in [6.45, 7) is 6.02. The van der Waals surface area contributed by atoms with E-state index in [1.807, 2.05) is 13.8 Å². The van der Waals surface area contributed by atoms with Crippen molar-refractivity contribution in [3.63, 3.8) is 0 Å². The molecule has 0 amide bonds. The van der Waals surface area contributed by atoms with Gasteiger partial charge in [-0.15, -0.1) is 0 Å². The van der Waals surface area contributed by atoms with E-state index in [1.54, 1.807) is 13.0 Å². The molecule has 0 aliphatic carbocycles. The van der Waals surface area contributed by atoms with Crippen molar-refractivity contribution in [3.05, 3.63) is 17.7 Å². The summed E-state index contributed by atoms with van der Waals surface area (Å²) in [4.78, 5) is -0.00153. The summed E-state index contributed by atoms with van der Waals surface area (Å²) in [5.41, 5.74) is 7.06. The first-order valence-electron chi connectivity index (χ1n) is 6.46. The molecule has 0 heterocycles. The number of benzene rings is 1. The van der Waals surface area contributed by atoms with Gasteiger partial charge in [-0.1, -0.05) is 13.8 Å². The molecule has 114 valence electrons. The monoisotopic (exact) mass is 301 g/mol. The fourth-order valence-corrected chi connectivity index (χ4v) is 2.88. The molecular weight excluding hydrogens is 278 g/mol. The third kappa shape index (κ3) is 4.66. The van der Waals surface area contributed by atoms with Gasteiger partial charge in [-0.3, -0.25) is 0 Å². The van der Waals surface area contributed by atoms with Crippen molar-refractivity contribution in [1.29, 1.82) is 0 Å². The lowest BCUT2D eigenvalue weighted by atomic mass is 10.1. The van der Waals surface area contributed by atoms with Gasteiger partial charge in [0.2, 0.25) is 10.0 Å². The Labute approximate surface area is 120 Å². The Balaban J connectivity index is 2.94. The smallest absolute Gasteiger partial charge is 0.238 e. The normalized spacial score (nSPS) is 13.5. The number of nitrogens with one attached hydrogen (secondary N) is 1. The zero-order chi connectivity index (χ0) is 15.5. The highest BCUT2D eigenvalue weighted by atomic mass is 32.2. The van der Waals surface area contributed by atoms with Crippen LogP contribution in [0.4, 0.5) is 11.4 Å². The molecule has 0 radical (unpaired) electrons. The van der Waals surface area contributed by atoms with E-state index in [4.69, 9.17) is 10.9 Å². The van der Waals surface area contributed by atoms with Crippen LogP contribution < -0.4 is 16.2 Å². The van der Waals surface area contributed by atoms with E-state index in [0.29, 0.717) is 35.8 Å². The summed E-state index contributed by atoms with van der Waals surface area (Å²) in [6.07, 6.45) is 0.157. The van der Waals surface area contributed by atoms with Gasteiger partial charge in [0.05, 0.1) is 11.0 Å². The molecular formula is C13H23N3O3S. The average molecular weight is 301 g/mol. The van der Waals surface area contributed by atoms with E-state index in [2.05, 4.69) is 5.32 Å². The van der Waals surface area contributed by atoms with Crippen molar-refractivity contribution in [2.75, 3.05) is 17.6 Å². The standard InChI is InChI=1S/C13H23N3O3S/c1-8(2)4-11(17)7-16-12-5-10(14)6-13(9(12)3)20(15,18)19/h5-6,8,11,16-17H,4,7,14H2,1-3H3,(H2,15,18,19). The van der Waals surface area contributed by atoms with Gasteiger partial charge in [0, 0.05) is 17.9 Å². The SMILES string of the molecule is Cc1c(NCC(O)CC(C)C)cc(N)cc1S(N)(=O)=O. The van der Waals surface area contributed by atoms with Crippen LogP contribution in [0.1, 0.15) is 25.8 Å². The second-order valence-corrected chi connectivity index (χ2v) is 6.93. The van der Waals surface area contributed by atoms with Crippen molar-refractivity contribution >= 4 is 21.4 Å². The highest BCUT2D eigenvalue weighted by molar-refractivity contribution is 7.89. The van der Waals surface area contributed by atoms with Crippen LogP contribution in [-0.4, -0.2) is 26.2 Å². The molecule has 0 aromatic heterocycles. The minimum atomic E-state index is -3.82. The first-order valence-corrected chi connectivity index (χ1v) is 8.00. The lowest BCUT2D eigenvalue weighted by molar-refractivity contribution is 0.161. The van der Waals surface area contributed by atoms with Gasteiger partial charge < -0.3 is 16.2 Å². The summed E-state index contributed by atoms with van der Waals surface area (Å²) < 4.78 is 23.0. The van der Waals surface area contributed by atoms with Gasteiger partial charge in [-0.2, -0.15) is 0 Å². The van der Waals surface area contributed by atoms with Crippen molar-refractivity contribution in [2.24, 2.45) is 11.1 Å². The lowest BCUT2D eigenvalue weighted by Gasteiger charge is -2.17. The number of rotatable bonds is 6. The number of sulfonamides is 1. The van der Waals surface area contributed by atoms with Crippen LogP contribution in [0.25, 0.3) is 0 Å². The Morgan fingerprint density at radius 3 is 2.45 bits per heavy atom. The summed E-state index contributed by atoms with van der Waals surface area (Å²) in [6, 6.07) is 2.96. The summed E-state index contributed by atoms with van der Waals surface area (Å²) in [5.74, 6) is 0.383. The predicted molar refractivity (Wildman–Crippen MR) is 80.9 cm³/mol. The summed E-state index contributed by atoms with van der Waals surface area (Å²) in [5, 5.41) is 18.0. The summed E-state index contributed by atoms with van der Waals surface area (Å²) >= 11 is 0. The topological polar surface area (TPSA) is 118 Å². The number of aliphatic hydroxyl groups excluding tert-OH is 1. The Morgan fingerprint density at radius 1 is 1.35 bits per heavy atom. The molecule has 1 aromatic carbocycles. The number of hydrogen-bond acceptors (Lipinski definition) is 5. The van der Waals surface area contributed by atoms with E-state index in [0.717, 1.165) is 0 Å². The van der Waals surface area contributed by atoms with Gasteiger partial charge >= 0.3 is 0 Å². The van der Waals surface area contributed by atoms with Crippen molar-refractivity contribution in [1.82, 2.24) is 0 Å². The minimum Gasteiger partial charge on any atom is -0.399 e. The first kappa shape index (κ1) is 16.7. The molecule has 0 aliphatic heterocycles. The van der Waals surface area contributed by atoms with Gasteiger partial charge in [0.15, 0.2) is 0 Å². The van der Waals surface area contributed by atoms with Crippen LogP contribution in [0.5, 0.6) is 0 Å². The zero-order valence-electron chi connectivity index (χ0n) is 12.1. The maximum absolute atomic E-state index is 11.5. The molecule has 0 fully saturated rings. The average Bonchev–Trinajstić information content (AvgIpc) is 2.27. The van der Waals surface area contributed by atoms with Gasteiger partial charge in [-0.25, -0.2) is 13.6 Å². The van der Waals surface area contributed by atoms with Crippen LogP contribution >= 0.6 is 0 Å². The second-order valence-electron chi connectivity index (χ2n) is 5.40. The molecule has 1 unspecified atom stereocenters. The van der Waals surface area contributed by atoms with Crippen molar-refractivity contribution < 1.29 is 13.5 Å². The second kappa shape index (κ2) is 6.43. The minimum absolute atomic E-state index is 0.00153. The third-order valence-corrected chi connectivity index (χ3v) is 4.00. The number of hydrogen-bond donors (Lipinski definition) is 4. The number of aliphatic hydroxyl groups is 1. The Kier molecular flexibility index (Phi) is 5.38. The first-order chi connectivity index (χ1) is 9.11. The fraction of sp³-hybridized carbons (Fsp3) is 0.538. The van der Waals surface area contributed by atoms with Gasteiger partial charge in [-0.05, 0) is 37.0 Å². The zero-order valence-corrected chi connectivity index (χ0v) is 12.9. The molecule has 1 rings (SSSR count). The Hall–Kier alpha value is -1.31. The summed E-state index contributed by atoms with van der Waals surface area (Å²) in [7, 11) is -3.82. The van der Waals surface area contributed by atoms with Crippen molar-refractivity contribution in [2.45, 2.75) is 38.2 Å². The molecule has 1 aromatic rings. The van der Waals surface area contributed by atoms with E-state index in [-0.39, 0.29) is 4.90 Å². The van der Waals surface area contributed by atoms with Crippen LogP contribution in [-0.2, 0) is 10.0 Å². The molecule has 6 nitrogen and oxygen atoms in total. The van der Waals surface area contributed by atoms with E-state index >= 15 is 0 Å². The number of nitrogen functional groups attached to an aromatic ring is 1. The maximum Gasteiger partial charge on any atom is 0.238 e. The highest BCUT2D eigenvalue weighted by Gasteiger charge is 2.16. The van der Waals surface area contributed by atoms with Crippen LogP contribution in [0, 0.1) is 12.8 Å². The van der Waals surface area contributed by atoms with E-state index < -0.39 is 16.1 Å². The number of nitrogens with two attached hydrogens (primary N) is 2. The molecule has 0 aliphatic rings. The molecule has 1 atom stereocenters. The third-order valence-electron chi connectivity index (χ3n) is 2.96. The molecule has 7 heteroatoms. The van der Waals surface area contributed by atoms with E-state index in [9.17, 15) is 13.5 Å². The molecule has 0 saturated carbocycles. The highest BCUT2D eigenvalue weighted by Crippen LogP contribution is 2.26. The molecule has 0 spiro atoms. The van der Waals surface area contributed by atoms with Crippen LogP contribution in [0.15, 0.2) is 17.0 Å². The molecule has 20 heavy (non-hydrogen) atoms. The van der Waals surface area contributed by atoms with E-state index in [1.165, 1.54) is 6.07 Å². The maximum atomic E-state index is 11.5.